The molecule has 1 aromatic rings. The first-order chi connectivity index (χ1) is 7.08. The van der Waals surface area contributed by atoms with Crippen molar-refractivity contribution >= 4 is 28.8 Å². The molecule has 1 rings (SSSR count). The number of rotatable bonds is 5. The molecule has 1 heterocycles. The molecule has 0 fully saturated rings. The molecule has 0 bridgehead atoms. The molecule has 4 heteroatoms. The fourth-order valence-electron chi connectivity index (χ4n) is 1.25. The van der Waals surface area contributed by atoms with Crippen LogP contribution in [0.25, 0.3) is 0 Å². The van der Waals surface area contributed by atoms with Gasteiger partial charge in [-0.2, -0.15) is 0 Å². The number of amides is 1. The average Bonchev–Trinajstić information content (AvgIpc) is 2.50. The molecule has 2 nitrogen and oxygen atoms in total. The van der Waals surface area contributed by atoms with E-state index in [2.05, 4.69) is 5.32 Å². The fraction of sp³-hybridized carbons (Fsp3) is 0.545. The van der Waals surface area contributed by atoms with Crippen LogP contribution in [-0.4, -0.2) is 12.5 Å². The van der Waals surface area contributed by atoms with Gasteiger partial charge in [-0.15, -0.1) is 11.3 Å². The van der Waals surface area contributed by atoms with E-state index in [9.17, 15) is 4.79 Å². The molecule has 0 aliphatic heterocycles. The lowest BCUT2D eigenvalue weighted by Crippen LogP contribution is -2.26. The molecule has 1 N–H and O–H groups in total. The maximum Gasteiger partial charge on any atom is 0.220 e. The molecule has 0 aliphatic carbocycles. The normalized spacial score (nSPS) is 10.7. The van der Waals surface area contributed by atoms with Gasteiger partial charge in [-0.25, -0.2) is 0 Å². The smallest absolute Gasteiger partial charge is 0.220 e. The maximum absolute atomic E-state index is 11.3. The van der Waals surface area contributed by atoms with Gasteiger partial charge in [0.1, 0.15) is 0 Å². The minimum absolute atomic E-state index is 0.132. The van der Waals surface area contributed by atoms with Gasteiger partial charge in [0.25, 0.3) is 0 Å². The van der Waals surface area contributed by atoms with Crippen LogP contribution in [0.3, 0.4) is 0 Å². The average molecular weight is 246 g/mol. The zero-order valence-corrected chi connectivity index (χ0v) is 10.6. The van der Waals surface area contributed by atoms with E-state index in [0.717, 1.165) is 10.8 Å². The van der Waals surface area contributed by atoms with Crippen LogP contribution in [0, 0.1) is 5.92 Å². The molecule has 15 heavy (non-hydrogen) atoms. The molecule has 0 saturated carbocycles. The predicted molar refractivity (Wildman–Crippen MR) is 65.5 cm³/mol. The second-order valence-electron chi connectivity index (χ2n) is 3.90. The Bertz CT molecular complexity index is 322. The first-order valence-electron chi connectivity index (χ1n) is 5.09. The molecule has 1 aromatic heterocycles. The monoisotopic (exact) mass is 245 g/mol. The summed E-state index contributed by atoms with van der Waals surface area (Å²) in [4.78, 5) is 12.5. The van der Waals surface area contributed by atoms with Gasteiger partial charge in [0.05, 0.1) is 4.34 Å². The molecular weight excluding hydrogens is 230 g/mol. The molecular formula is C11H16ClNOS. The summed E-state index contributed by atoms with van der Waals surface area (Å²) in [6, 6.07) is 3.89. The summed E-state index contributed by atoms with van der Waals surface area (Å²) in [7, 11) is 0. The van der Waals surface area contributed by atoms with Crippen molar-refractivity contribution in [3.05, 3.63) is 21.3 Å². The number of halogens is 1. The van der Waals surface area contributed by atoms with E-state index in [4.69, 9.17) is 11.6 Å². The Balaban J connectivity index is 2.19. The maximum atomic E-state index is 11.3. The van der Waals surface area contributed by atoms with E-state index in [1.807, 2.05) is 26.0 Å². The van der Waals surface area contributed by atoms with Gasteiger partial charge in [0, 0.05) is 17.8 Å². The van der Waals surface area contributed by atoms with Crippen LogP contribution in [0.4, 0.5) is 0 Å². The Hall–Kier alpha value is -0.540. The SMILES string of the molecule is CC(C)CC(=O)NCCc1ccc(Cl)s1. The Morgan fingerprint density at radius 1 is 1.53 bits per heavy atom. The van der Waals surface area contributed by atoms with Crippen molar-refractivity contribution in [1.82, 2.24) is 5.32 Å². The second-order valence-corrected chi connectivity index (χ2v) is 5.70. The highest BCUT2D eigenvalue weighted by Crippen LogP contribution is 2.21. The van der Waals surface area contributed by atoms with Crippen LogP contribution in [0.1, 0.15) is 25.1 Å². The van der Waals surface area contributed by atoms with Gasteiger partial charge in [0.2, 0.25) is 5.91 Å². The fourth-order valence-corrected chi connectivity index (χ4v) is 2.34. The van der Waals surface area contributed by atoms with Gasteiger partial charge in [-0.05, 0) is 24.5 Å². The summed E-state index contributed by atoms with van der Waals surface area (Å²) in [5.74, 6) is 0.550. The minimum atomic E-state index is 0.132. The molecule has 0 aromatic carbocycles. The zero-order valence-electron chi connectivity index (χ0n) is 9.05. The van der Waals surface area contributed by atoms with Crippen LogP contribution in [0.5, 0.6) is 0 Å². The number of carbonyl (C=O) groups is 1. The topological polar surface area (TPSA) is 29.1 Å². The highest BCUT2D eigenvalue weighted by molar-refractivity contribution is 7.16. The van der Waals surface area contributed by atoms with E-state index in [1.54, 1.807) is 11.3 Å². The van der Waals surface area contributed by atoms with Crippen molar-refractivity contribution in [3.63, 3.8) is 0 Å². The Morgan fingerprint density at radius 2 is 2.27 bits per heavy atom. The van der Waals surface area contributed by atoms with Crippen molar-refractivity contribution in [2.75, 3.05) is 6.54 Å². The third-order valence-corrected chi connectivity index (χ3v) is 3.21. The quantitative estimate of drug-likeness (QED) is 0.849. The summed E-state index contributed by atoms with van der Waals surface area (Å²) in [5.41, 5.74) is 0. The summed E-state index contributed by atoms with van der Waals surface area (Å²) in [6.07, 6.45) is 1.46. The lowest BCUT2D eigenvalue weighted by Gasteiger charge is -2.05. The third-order valence-electron chi connectivity index (χ3n) is 1.92. The molecule has 84 valence electrons. The van der Waals surface area contributed by atoms with Crippen LogP contribution in [0.15, 0.2) is 12.1 Å². The highest BCUT2D eigenvalue weighted by atomic mass is 35.5. The van der Waals surface area contributed by atoms with Gasteiger partial charge < -0.3 is 5.32 Å². The number of carbonyl (C=O) groups excluding carboxylic acids is 1. The molecule has 0 saturated heterocycles. The highest BCUT2D eigenvalue weighted by Gasteiger charge is 2.04. The van der Waals surface area contributed by atoms with E-state index < -0.39 is 0 Å². The van der Waals surface area contributed by atoms with Crippen LogP contribution in [0.2, 0.25) is 4.34 Å². The molecule has 0 atom stereocenters. The largest absolute Gasteiger partial charge is 0.356 e. The van der Waals surface area contributed by atoms with E-state index in [0.29, 0.717) is 18.9 Å². The number of hydrogen-bond acceptors (Lipinski definition) is 2. The van der Waals surface area contributed by atoms with E-state index in [1.165, 1.54) is 4.88 Å². The van der Waals surface area contributed by atoms with Crippen LogP contribution < -0.4 is 5.32 Å². The van der Waals surface area contributed by atoms with Crippen LogP contribution in [-0.2, 0) is 11.2 Å². The summed E-state index contributed by atoms with van der Waals surface area (Å²) < 4.78 is 0.804. The first kappa shape index (κ1) is 12.5. The standard InChI is InChI=1S/C11H16ClNOS/c1-8(2)7-11(14)13-6-5-9-3-4-10(12)15-9/h3-4,8H,5-7H2,1-2H3,(H,13,14). The summed E-state index contributed by atoms with van der Waals surface area (Å²) in [6.45, 7) is 4.78. The van der Waals surface area contributed by atoms with Crippen LogP contribution >= 0.6 is 22.9 Å². The Morgan fingerprint density at radius 3 is 2.80 bits per heavy atom. The molecule has 0 unspecified atom stereocenters. The minimum Gasteiger partial charge on any atom is -0.356 e. The Labute approximate surface area is 99.6 Å². The van der Waals surface area contributed by atoms with Gasteiger partial charge in [-0.1, -0.05) is 25.4 Å². The number of hydrogen-bond donors (Lipinski definition) is 1. The van der Waals surface area contributed by atoms with Crippen molar-refractivity contribution in [1.29, 1.82) is 0 Å². The van der Waals surface area contributed by atoms with Gasteiger partial charge >= 0.3 is 0 Å². The predicted octanol–water partition coefficient (Wildman–Crippen LogP) is 3.11. The third kappa shape index (κ3) is 5.19. The van der Waals surface area contributed by atoms with Crippen molar-refractivity contribution in [2.45, 2.75) is 26.7 Å². The second kappa shape index (κ2) is 6.13. The molecule has 0 aliphatic rings. The van der Waals surface area contributed by atoms with E-state index in [-0.39, 0.29) is 5.91 Å². The Kier molecular flexibility index (Phi) is 5.12. The summed E-state index contributed by atoms with van der Waals surface area (Å²) >= 11 is 7.37. The van der Waals surface area contributed by atoms with E-state index >= 15 is 0 Å². The summed E-state index contributed by atoms with van der Waals surface area (Å²) in [5, 5.41) is 2.90. The number of thiophene rings is 1. The molecule has 0 spiro atoms. The lowest BCUT2D eigenvalue weighted by atomic mass is 10.1. The molecule has 0 radical (unpaired) electrons. The van der Waals surface area contributed by atoms with Crippen molar-refractivity contribution < 1.29 is 4.79 Å². The van der Waals surface area contributed by atoms with Gasteiger partial charge in [0.15, 0.2) is 0 Å². The molecule has 1 amide bonds. The number of nitrogens with one attached hydrogen (secondary N) is 1. The lowest BCUT2D eigenvalue weighted by molar-refractivity contribution is -0.121. The van der Waals surface area contributed by atoms with Crippen molar-refractivity contribution in [3.8, 4) is 0 Å². The van der Waals surface area contributed by atoms with Crippen molar-refractivity contribution in [2.24, 2.45) is 5.92 Å². The zero-order chi connectivity index (χ0) is 11.3. The first-order valence-corrected chi connectivity index (χ1v) is 6.28. The van der Waals surface area contributed by atoms with Gasteiger partial charge in [-0.3, -0.25) is 4.79 Å².